The van der Waals surface area contributed by atoms with E-state index < -0.39 is 0 Å². The predicted molar refractivity (Wildman–Crippen MR) is 63.2 cm³/mol. The summed E-state index contributed by atoms with van der Waals surface area (Å²) in [6, 6.07) is 6.79. The average molecular weight is 203 g/mol. The van der Waals surface area contributed by atoms with Gasteiger partial charge in [-0.2, -0.15) is 0 Å². The second kappa shape index (κ2) is 4.49. The maximum atomic E-state index is 5.22. The van der Waals surface area contributed by atoms with Gasteiger partial charge in [0.1, 0.15) is 5.75 Å². The van der Waals surface area contributed by atoms with Crippen LogP contribution in [0.2, 0.25) is 0 Å². The lowest BCUT2D eigenvalue weighted by atomic mass is 10.0. The van der Waals surface area contributed by atoms with Crippen LogP contribution in [0.1, 0.15) is 17.5 Å². The van der Waals surface area contributed by atoms with Crippen molar-refractivity contribution in [3.63, 3.8) is 0 Å². The van der Waals surface area contributed by atoms with E-state index in [0.717, 1.165) is 18.6 Å². The molecule has 1 aliphatic rings. The van der Waals surface area contributed by atoms with E-state index in [1.54, 1.807) is 7.11 Å². The Balaban J connectivity index is 2.30. The van der Waals surface area contributed by atoms with Crippen molar-refractivity contribution in [2.24, 2.45) is 0 Å². The van der Waals surface area contributed by atoms with Crippen molar-refractivity contribution in [3.8, 4) is 5.75 Å². The molecule has 0 aliphatic heterocycles. The molecule has 2 nitrogen and oxygen atoms in total. The van der Waals surface area contributed by atoms with E-state index in [1.165, 1.54) is 11.1 Å². The van der Waals surface area contributed by atoms with E-state index in [4.69, 9.17) is 4.74 Å². The number of nitrogens with one attached hydrogen (secondary N) is 1. The van der Waals surface area contributed by atoms with E-state index >= 15 is 0 Å². The van der Waals surface area contributed by atoms with Crippen molar-refractivity contribution in [2.45, 2.75) is 18.9 Å². The fraction of sp³-hybridized carbons (Fsp3) is 0.385. The summed E-state index contributed by atoms with van der Waals surface area (Å²) in [7, 11) is 3.71. The van der Waals surface area contributed by atoms with Crippen LogP contribution in [0.5, 0.6) is 5.75 Å². The van der Waals surface area contributed by atoms with Gasteiger partial charge in [-0.05, 0) is 43.1 Å². The van der Waals surface area contributed by atoms with Crippen LogP contribution in [0.4, 0.5) is 0 Å². The number of rotatable bonds is 2. The highest BCUT2D eigenvalue weighted by atomic mass is 16.5. The van der Waals surface area contributed by atoms with Gasteiger partial charge >= 0.3 is 0 Å². The zero-order valence-electron chi connectivity index (χ0n) is 9.29. The molecule has 2 heteroatoms. The summed E-state index contributed by atoms with van der Waals surface area (Å²) in [5.74, 6) is 0.932. The van der Waals surface area contributed by atoms with Crippen LogP contribution in [0.15, 0.2) is 24.3 Å². The molecular formula is C13H17NO. The molecule has 1 aromatic carbocycles. The molecule has 2 rings (SSSR count). The number of methoxy groups -OCH3 is 1. The summed E-state index contributed by atoms with van der Waals surface area (Å²) in [6.07, 6.45) is 6.70. The monoisotopic (exact) mass is 203 g/mol. The molecule has 1 unspecified atom stereocenters. The van der Waals surface area contributed by atoms with Crippen molar-refractivity contribution < 1.29 is 4.74 Å². The van der Waals surface area contributed by atoms with E-state index in [2.05, 4.69) is 29.6 Å². The highest BCUT2D eigenvalue weighted by Gasteiger charge is 2.10. The van der Waals surface area contributed by atoms with E-state index in [0.29, 0.717) is 6.04 Å². The highest BCUT2D eigenvalue weighted by Crippen LogP contribution is 2.23. The lowest BCUT2D eigenvalue weighted by Crippen LogP contribution is -2.22. The fourth-order valence-corrected chi connectivity index (χ4v) is 1.95. The maximum Gasteiger partial charge on any atom is 0.119 e. The summed E-state index contributed by atoms with van der Waals surface area (Å²) in [6.45, 7) is 0. The Morgan fingerprint density at radius 3 is 3.00 bits per heavy atom. The van der Waals surface area contributed by atoms with Crippen LogP contribution in [0.25, 0.3) is 6.08 Å². The summed E-state index contributed by atoms with van der Waals surface area (Å²) < 4.78 is 5.22. The highest BCUT2D eigenvalue weighted by molar-refractivity contribution is 5.58. The van der Waals surface area contributed by atoms with Crippen molar-refractivity contribution in [3.05, 3.63) is 35.4 Å². The summed E-state index contributed by atoms with van der Waals surface area (Å²) in [5, 5.41) is 3.29. The first-order chi connectivity index (χ1) is 7.33. The molecule has 1 aromatic rings. The minimum atomic E-state index is 0.489. The van der Waals surface area contributed by atoms with Gasteiger partial charge in [-0.1, -0.05) is 18.2 Å². The second-order valence-corrected chi connectivity index (χ2v) is 3.86. The zero-order chi connectivity index (χ0) is 10.7. The van der Waals surface area contributed by atoms with Crippen LogP contribution in [0, 0.1) is 0 Å². The van der Waals surface area contributed by atoms with Gasteiger partial charge in [-0.25, -0.2) is 0 Å². The van der Waals surface area contributed by atoms with Gasteiger partial charge in [0.15, 0.2) is 0 Å². The normalized spacial score (nSPS) is 19.5. The molecular weight excluding hydrogens is 186 g/mol. The molecule has 15 heavy (non-hydrogen) atoms. The average Bonchev–Trinajstić information content (AvgIpc) is 2.50. The number of likely N-dealkylation sites (N-methyl/N-ethyl adjacent to an activating group) is 1. The third kappa shape index (κ3) is 2.21. The third-order valence-electron chi connectivity index (χ3n) is 2.96. The molecule has 0 fully saturated rings. The third-order valence-corrected chi connectivity index (χ3v) is 2.96. The Bertz CT molecular complexity index is 371. The molecule has 0 radical (unpaired) electrons. The predicted octanol–water partition coefficient (Wildman–Crippen LogP) is 2.24. The van der Waals surface area contributed by atoms with Gasteiger partial charge in [0.05, 0.1) is 7.11 Å². The van der Waals surface area contributed by atoms with Crippen LogP contribution < -0.4 is 10.1 Å². The van der Waals surface area contributed by atoms with Crippen molar-refractivity contribution in [1.82, 2.24) is 5.32 Å². The molecule has 0 amide bonds. The topological polar surface area (TPSA) is 21.3 Å². The minimum Gasteiger partial charge on any atom is -0.497 e. The number of hydrogen-bond acceptors (Lipinski definition) is 2. The van der Waals surface area contributed by atoms with Gasteiger partial charge in [-0.15, -0.1) is 0 Å². The van der Waals surface area contributed by atoms with Gasteiger partial charge in [0, 0.05) is 6.04 Å². The Morgan fingerprint density at radius 2 is 2.27 bits per heavy atom. The first kappa shape index (κ1) is 10.2. The van der Waals surface area contributed by atoms with Crippen LogP contribution >= 0.6 is 0 Å². The molecule has 1 aliphatic carbocycles. The summed E-state index contributed by atoms with van der Waals surface area (Å²) >= 11 is 0. The minimum absolute atomic E-state index is 0.489. The zero-order valence-corrected chi connectivity index (χ0v) is 9.29. The van der Waals surface area contributed by atoms with Crippen molar-refractivity contribution in [1.29, 1.82) is 0 Å². The summed E-state index contributed by atoms with van der Waals surface area (Å²) in [4.78, 5) is 0. The molecule has 0 saturated heterocycles. The molecule has 0 saturated carbocycles. The Morgan fingerprint density at radius 1 is 1.40 bits per heavy atom. The van der Waals surface area contributed by atoms with Gasteiger partial charge < -0.3 is 10.1 Å². The molecule has 0 heterocycles. The maximum absolute atomic E-state index is 5.22. The van der Waals surface area contributed by atoms with E-state index in [-0.39, 0.29) is 0 Å². The molecule has 0 aromatic heterocycles. The quantitative estimate of drug-likeness (QED) is 0.796. The fourth-order valence-electron chi connectivity index (χ4n) is 1.95. The Kier molecular flexibility index (Phi) is 3.07. The van der Waals surface area contributed by atoms with Crippen LogP contribution in [-0.2, 0) is 6.42 Å². The van der Waals surface area contributed by atoms with Crippen molar-refractivity contribution >= 4 is 6.08 Å². The largest absolute Gasteiger partial charge is 0.497 e. The number of hydrogen-bond donors (Lipinski definition) is 1. The summed E-state index contributed by atoms with van der Waals surface area (Å²) in [5.41, 5.74) is 2.69. The van der Waals surface area contributed by atoms with Gasteiger partial charge in [0.2, 0.25) is 0 Å². The standard InChI is InChI=1S/C13H17NO/c1-14-12-6-3-10-5-8-13(15-2)9-11(10)4-7-12/h4-5,7-9,12,14H,3,6H2,1-2H3. The Labute approximate surface area is 91.0 Å². The lowest BCUT2D eigenvalue weighted by molar-refractivity contribution is 0.414. The first-order valence-corrected chi connectivity index (χ1v) is 5.36. The SMILES string of the molecule is CNC1C=Cc2cc(OC)ccc2CC1. The molecule has 1 atom stereocenters. The number of benzene rings is 1. The molecule has 80 valence electrons. The van der Waals surface area contributed by atoms with E-state index in [9.17, 15) is 0 Å². The Hall–Kier alpha value is -1.28. The van der Waals surface area contributed by atoms with E-state index in [1.807, 2.05) is 13.1 Å². The van der Waals surface area contributed by atoms with Gasteiger partial charge in [0.25, 0.3) is 0 Å². The number of fused-ring (bicyclic) bond motifs is 1. The lowest BCUT2D eigenvalue weighted by Gasteiger charge is -2.08. The molecule has 0 spiro atoms. The number of ether oxygens (including phenoxy) is 1. The molecule has 1 N–H and O–H groups in total. The first-order valence-electron chi connectivity index (χ1n) is 5.36. The van der Waals surface area contributed by atoms with Crippen LogP contribution in [-0.4, -0.2) is 20.2 Å². The van der Waals surface area contributed by atoms with Crippen LogP contribution in [0.3, 0.4) is 0 Å². The smallest absolute Gasteiger partial charge is 0.119 e. The van der Waals surface area contributed by atoms with Crippen molar-refractivity contribution in [2.75, 3.05) is 14.2 Å². The molecule has 0 bridgehead atoms. The van der Waals surface area contributed by atoms with Gasteiger partial charge in [-0.3, -0.25) is 0 Å². The number of aryl methyl sites for hydroxylation is 1. The second-order valence-electron chi connectivity index (χ2n) is 3.86.